The van der Waals surface area contributed by atoms with Crippen LogP contribution in [0, 0.1) is 5.92 Å². The summed E-state index contributed by atoms with van der Waals surface area (Å²) >= 11 is 1.80. The van der Waals surface area contributed by atoms with Gasteiger partial charge >= 0.3 is 0 Å². The molecule has 27 heavy (non-hydrogen) atoms. The first kappa shape index (κ1) is 19.6. The van der Waals surface area contributed by atoms with Crippen LogP contribution >= 0.6 is 11.3 Å². The number of nitrogens with one attached hydrogen (secondary N) is 1. The van der Waals surface area contributed by atoms with Crippen LogP contribution in [0.15, 0.2) is 47.3 Å². The number of fused-ring (bicyclic) bond motifs is 1. The first-order valence-corrected chi connectivity index (χ1v) is 10.6. The van der Waals surface area contributed by atoms with Crippen molar-refractivity contribution in [2.24, 2.45) is 10.9 Å². The van der Waals surface area contributed by atoms with E-state index in [-0.39, 0.29) is 11.8 Å². The van der Waals surface area contributed by atoms with Gasteiger partial charge in [0.25, 0.3) is 0 Å². The highest BCUT2D eigenvalue weighted by molar-refractivity contribution is 7.17. The lowest BCUT2D eigenvalue weighted by molar-refractivity contribution is -0.122. The summed E-state index contributed by atoms with van der Waals surface area (Å²) in [6.07, 6.45) is 12.3. The third-order valence-electron chi connectivity index (χ3n) is 5.10. The molecule has 3 nitrogen and oxygen atoms in total. The maximum atomic E-state index is 12.3. The monoisotopic (exact) mass is 380 g/mol. The number of hydrogen-bond acceptors (Lipinski definition) is 3. The van der Waals surface area contributed by atoms with E-state index in [1.807, 2.05) is 0 Å². The summed E-state index contributed by atoms with van der Waals surface area (Å²) in [5.74, 6) is -0.204. The summed E-state index contributed by atoms with van der Waals surface area (Å²) in [4.78, 5) is 16.3. The number of benzene rings is 1. The predicted octanol–water partition coefficient (Wildman–Crippen LogP) is 5.41. The van der Waals surface area contributed by atoms with Gasteiger partial charge in [-0.2, -0.15) is 0 Å². The molecule has 0 saturated heterocycles. The van der Waals surface area contributed by atoms with Crippen molar-refractivity contribution in [2.45, 2.75) is 38.5 Å². The molecule has 4 heteroatoms. The number of aliphatic imine (C=N–C) groups is 1. The van der Waals surface area contributed by atoms with Crippen molar-refractivity contribution >= 4 is 39.1 Å². The van der Waals surface area contributed by atoms with Crippen molar-refractivity contribution in [3.05, 3.63) is 53.4 Å². The lowest BCUT2D eigenvalue weighted by Crippen LogP contribution is -2.32. The molecule has 142 valence electrons. The highest BCUT2D eigenvalue weighted by atomic mass is 32.1. The van der Waals surface area contributed by atoms with Gasteiger partial charge in [-0.15, -0.1) is 17.9 Å². The van der Waals surface area contributed by atoms with E-state index in [9.17, 15) is 4.79 Å². The minimum Gasteiger partial charge on any atom is -0.355 e. The topological polar surface area (TPSA) is 41.5 Å². The SMILES string of the molecule is C=CCC(/C=N\C)C(=O)NCCc1csc2cc(C3=CCCCC3)ccc12. The number of rotatable bonds is 8. The van der Waals surface area contributed by atoms with Crippen molar-refractivity contribution < 1.29 is 4.79 Å². The Bertz CT molecular complexity index is 862. The van der Waals surface area contributed by atoms with E-state index in [4.69, 9.17) is 0 Å². The van der Waals surface area contributed by atoms with Crippen LogP contribution in [-0.2, 0) is 11.2 Å². The fraction of sp³-hybridized carbons (Fsp3) is 0.391. The number of thiophene rings is 1. The molecule has 3 rings (SSSR count). The third kappa shape index (κ3) is 4.95. The molecule has 0 fully saturated rings. The number of carbonyl (C=O) groups excluding carboxylic acids is 1. The van der Waals surface area contributed by atoms with Gasteiger partial charge in [0.15, 0.2) is 0 Å². The van der Waals surface area contributed by atoms with Crippen LogP contribution < -0.4 is 5.32 Å². The van der Waals surface area contributed by atoms with Gasteiger partial charge in [0.2, 0.25) is 5.91 Å². The molecule has 1 unspecified atom stereocenters. The van der Waals surface area contributed by atoms with Gasteiger partial charge in [-0.3, -0.25) is 4.79 Å². The van der Waals surface area contributed by atoms with Gasteiger partial charge in [-0.05, 0) is 72.1 Å². The van der Waals surface area contributed by atoms with Crippen LogP contribution in [0.5, 0.6) is 0 Å². The normalized spacial score (nSPS) is 15.7. The Morgan fingerprint density at radius 3 is 3.04 bits per heavy atom. The van der Waals surface area contributed by atoms with Crippen LogP contribution in [-0.4, -0.2) is 25.7 Å². The molecule has 2 aromatic rings. The van der Waals surface area contributed by atoms with Gasteiger partial charge < -0.3 is 10.3 Å². The van der Waals surface area contributed by atoms with E-state index >= 15 is 0 Å². The summed E-state index contributed by atoms with van der Waals surface area (Å²) in [7, 11) is 1.69. The summed E-state index contributed by atoms with van der Waals surface area (Å²) in [5.41, 5.74) is 4.18. The Morgan fingerprint density at radius 1 is 1.41 bits per heavy atom. The Hall–Kier alpha value is -2.20. The highest BCUT2D eigenvalue weighted by Crippen LogP contribution is 2.32. The molecule has 0 bridgehead atoms. The fourth-order valence-corrected chi connectivity index (χ4v) is 4.66. The molecular formula is C23H28N2OS. The van der Waals surface area contributed by atoms with E-state index in [2.05, 4.69) is 46.5 Å². The maximum absolute atomic E-state index is 12.3. The summed E-state index contributed by atoms with van der Waals surface area (Å²) < 4.78 is 1.34. The molecular weight excluding hydrogens is 352 g/mol. The van der Waals surface area contributed by atoms with E-state index in [1.165, 1.54) is 52.5 Å². The van der Waals surface area contributed by atoms with Crippen LogP contribution in [0.4, 0.5) is 0 Å². The zero-order valence-electron chi connectivity index (χ0n) is 16.0. The molecule has 1 aliphatic carbocycles. The third-order valence-corrected chi connectivity index (χ3v) is 6.09. The second-order valence-electron chi connectivity index (χ2n) is 7.03. The Kier molecular flexibility index (Phi) is 6.99. The summed E-state index contributed by atoms with van der Waals surface area (Å²) in [6.45, 7) is 4.36. The standard InChI is InChI=1S/C23H28N2OS/c1-3-7-19(15-24-2)23(26)25-13-12-20-16-27-22-14-18(10-11-21(20)22)17-8-5-4-6-9-17/h3,8,10-11,14-16,19H,1,4-7,9,12-13H2,2H3,(H,25,26)/b24-15-. The lowest BCUT2D eigenvalue weighted by atomic mass is 9.93. The predicted molar refractivity (Wildman–Crippen MR) is 118 cm³/mol. The molecule has 1 heterocycles. The summed E-state index contributed by atoms with van der Waals surface area (Å²) in [6, 6.07) is 6.83. The number of allylic oxidation sites excluding steroid dienone is 3. The average Bonchev–Trinajstić information content (AvgIpc) is 3.10. The van der Waals surface area contributed by atoms with Crippen LogP contribution in [0.1, 0.15) is 43.2 Å². The largest absolute Gasteiger partial charge is 0.355 e. The van der Waals surface area contributed by atoms with Gasteiger partial charge in [-0.1, -0.05) is 24.3 Å². The van der Waals surface area contributed by atoms with Gasteiger partial charge in [-0.25, -0.2) is 0 Å². The molecule has 1 aromatic carbocycles. The molecule has 1 aromatic heterocycles. The highest BCUT2D eigenvalue weighted by Gasteiger charge is 2.14. The Morgan fingerprint density at radius 2 is 2.30 bits per heavy atom. The van der Waals surface area contributed by atoms with Crippen molar-refractivity contribution in [2.75, 3.05) is 13.6 Å². The van der Waals surface area contributed by atoms with Crippen molar-refractivity contribution in [3.63, 3.8) is 0 Å². The van der Waals surface area contributed by atoms with Crippen LogP contribution in [0.25, 0.3) is 15.7 Å². The van der Waals surface area contributed by atoms with E-state index in [0.717, 1.165) is 6.42 Å². The molecule has 1 N–H and O–H groups in total. The number of carbonyl (C=O) groups is 1. The van der Waals surface area contributed by atoms with Crippen molar-refractivity contribution in [1.29, 1.82) is 0 Å². The van der Waals surface area contributed by atoms with Gasteiger partial charge in [0.05, 0.1) is 5.92 Å². The van der Waals surface area contributed by atoms with E-state index < -0.39 is 0 Å². The van der Waals surface area contributed by atoms with Gasteiger partial charge in [0.1, 0.15) is 0 Å². The Labute approximate surface area is 165 Å². The molecule has 0 radical (unpaired) electrons. The first-order chi connectivity index (χ1) is 13.2. The number of amides is 1. The average molecular weight is 381 g/mol. The van der Waals surface area contributed by atoms with E-state index in [0.29, 0.717) is 13.0 Å². The molecule has 1 amide bonds. The number of nitrogens with zero attached hydrogens (tertiary/aromatic N) is 1. The summed E-state index contributed by atoms with van der Waals surface area (Å²) in [5, 5.41) is 6.57. The fourth-order valence-electron chi connectivity index (χ4n) is 3.62. The molecule has 0 aliphatic heterocycles. The van der Waals surface area contributed by atoms with E-state index in [1.54, 1.807) is 30.7 Å². The zero-order chi connectivity index (χ0) is 19.1. The van der Waals surface area contributed by atoms with Crippen molar-refractivity contribution in [1.82, 2.24) is 5.32 Å². The second-order valence-corrected chi connectivity index (χ2v) is 7.94. The quantitative estimate of drug-likeness (QED) is 0.483. The molecule has 0 spiro atoms. The van der Waals surface area contributed by atoms with Gasteiger partial charge in [0, 0.05) is 24.5 Å². The maximum Gasteiger partial charge on any atom is 0.228 e. The molecule has 1 atom stereocenters. The Balaban J connectivity index is 1.63. The smallest absolute Gasteiger partial charge is 0.228 e. The minimum absolute atomic E-state index is 0.0200. The molecule has 0 saturated carbocycles. The van der Waals surface area contributed by atoms with Crippen molar-refractivity contribution in [3.8, 4) is 0 Å². The number of hydrogen-bond donors (Lipinski definition) is 1. The second kappa shape index (κ2) is 9.65. The lowest BCUT2D eigenvalue weighted by Gasteiger charge is -2.13. The van der Waals surface area contributed by atoms with Crippen LogP contribution in [0.3, 0.4) is 0 Å². The first-order valence-electron chi connectivity index (χ1n) is 9.73. The van der Waals surface area contributed by atoms with Crippen LogP contribution in [0.2, 0.25) is 0 Å². The zero-order valence-corrected chi connectivity index (χ0v) is 16.9. The molecule has 1 aliphatic rings. The minimum atomic E-state index is -0.224.